The first-order valence-electron chi connectivity index (χ1n) is 5.99. The molecule has 2 heterocycles. The quantitative estimate of drug-likeness (QED) is 0.707. The number of hydrogen-bond acceptors (Lipinski definition) is 4. The predicted octanol–water partition coefficient (Wildman–Crippen LogP) is 0.0651. The van der Waals surface area contributed by atoms with Crippen LogP contribution in [0.2, 0.25) is 0 Å². The summed E-state index contributed by atoms with van der Waals surface area (Å²) in [6.45, 7) is 2.92. The van der Waals surface area contributed by atoms with Crippen LogP contribution in [0.15, 0.2) is 0 Å². The number of likely N-dealkylation sites (tertiary alicyclic amines) is 1. The Labute approximate surface area is 110 Å². The standard InChI is InChI=1S/C11H18N2O4S/c1-11(17)2-3-12(7-11)10(16)13-4-5-18-6-8(13)9(14)15/h8,17H,2-7H2,1H3,(H,14,15). The Hall–Kier alpha value is -0.950. The number of β-amino-alcohol motifs (C(OH)–C–C–N with tert-alkyl or cyclic N) is 1. The average molecular weight is 274 g/mol. The molecule has 0 aromatic rings. The van der Waals surface area contributed by atoms with Gasteiger partial charge >= 0.3 is 12.0 Å². The number of thioether (sulfide) groups is 1. The molecular weight excluding hydrogens is 256 g/mol. The molecule has 0 aliphatic carbocycles. The Balaban J connectivity index is 2.05. The third kappa shape index (κ3) is 2.72. The van der Waals surface area contributed by atoms with Gasteiger partial charge in [-0.1, -0.05) is 0 Å². The van der Waals surface area contributed by atoms with Gasteiger partial charge in [0.05, 0.1) is 12.1 Å². The molecule has 102 valence electrons. The lowest BCUT2D eigenvalue weighted by Crippen LogP contribution is -2.54. The minimum Gasteiger partial charge on any atom is -0.480 e. The highest BCUT2D eigenvalue weighted by atomic mass is 32.2. The van der Waals surface area contributed by atoms with Crippen LogP contribution in [0.1, 0.15) is 13.3 Å². The number of carboxylic acid groups (broad SMARTS) is 1. The zero-order valence-electron chi connectivity index (χ0n) is 10.3. The lowest BCUT2D eigenvalue weighted by Gasteiger charge is -2.35. The van der Waals surface area contributed by atoms with Gasteiger partial charge in [-0.15, -0.1) is 0 Å². The summed E-state index contributed by atoms with van der Waals surface area (Å²) in [5.74, 6) is 0.243. The van der Waals surface area contributed by atoms with Crippen molar-refractivity contribution in [1.29, 1.82) is 0 Å². The second-order valence-electron chi connectivity index (χ2n) is 5.07. The summed E-state index contributed by atoms with van der Waals surface area (Å²) in [6.07, 6.45) is 0.541. The molecule has 6 nitrogen and oxygen atoms in total. The topological polar surface area (TPSA) is 81.1 Å². The van der Waals surface area contributed by atoms with Gasteiger partial charge in [-0.3, -0.25) is 0 Å². The van der Waals surface area contributed by atoms with Gasteiger partial charge in [-0.05, 0) is 13.3 Å². The van der Waals surface area contributed by atoms with E-state index >= 15 is 0 Å². The molecule has 2 aliphatic rings. The molecule has 0 aromatic carbocycles. The number of carbonyl (C=O) groups is 2. The Morgan fingerprint density at radius 2 is 2.11 bits per heavy atom. The van der Waals surface area contributed by atoms with Crippen molar-refractivity contribution in [3.05, 3.63) is 0 Å². The number of hydrogen-bond donors (Lipinski definition) is 2. The minimum atomic E-state index is -0.957. The Bertz CT molecular complexity index is 361. The molecule has 2 amide bonds. The summed E-state index contributed by atoms with van der Waals surface area (Å²) in [7, 11) is 0. The zero-order chi connectivity index (χ0) is 13.3. The van der Waals surface area contributed by atoms with Crippen LogP contribution < -0.4 is 0 Å². The van der Waals surface area contributed by atoms with Crippen molar-refractivity contribution in [3.63, 3.8) is 0 Å². The van der Waals surface area contributed by atoms with E-state index in [-0.39, 0.29) is 12.6 Å². The second-order valence-corrected chi connectivity index (χ2v) is 6.22. The highest BCUT2D eigenvalue weighted by molar-refractivity contribution is 7.99. The summed E-state index contributed by atoms with van der Waals surface area (Å²) in [5.41, 5.74) is -0.848. The van der Waals surface area contributed by atoms with Gasteiger partial charge in [0.25, 0.3) is 0 Å². The van der Waals surface area contributed by atoms with E-state index in [1.807, 2.05) is 0 Å². The monoisotopic (exact) mass is 274 g/mol. The fraction of sp³-hybridized carbons (Fsp3) is 0.818. The Morgan fingerprint density at radius 1 is 1.39 bits per heavy atom. The molecule has 0 saturated carbocycles. The van der Waals surface area contributed by atoms with Crippen LogP contribution >= 0.6 is 11.8 Å². The summed E-state index contributed by atoms with van der Waals surface area (Å²) in [6, 6.07) is -1.01. The largest absolute Gasteiger partial charge is 0.480 e. The normalized spacial score (nSPS) is 32.7. The predicted molar refractivity (Wildman–Crippen MR) is 67.7 cm³/mol. The van der Waals surface area contributed by atoms with Crippen molar-refractivity contribution < 1.29 is 19.8 Å². The van der Waals surface area contributed by atoms with Gasteiger partial charge < -0.3 is 20.0 Å². The van der Waals surface area contributed by atoms with Crippen LogP contribution in [0, 0.1) is 0 Å². The summed E-state index contributed by atoms with van der Waals surface area (Å²) in [4.78, 5) is 26.4. The van der Waals surface area contributed by atoms with E-state index in [0.717, 1.165) is 5.75 Å². The van der Waals surface area contributed by atoms with Crippen LogP contribution in [0.25, 0.3) is 0 Å². The number of carboxylic acids is 1. The van der Waals surface area contributed by atoms with Crippen molar-refractivity contribution in [3.8, 4) is 0 Å². The van der Waals surface area contributed by atoms with Crippen molar-refractivity contribution >= 4 is 23.8 Å². The van der Waals surface area contributed by atoms with Crippen LogP contribution in [0.5, 0.6) is 0 Å². The molecule has 7 heteroatoms. The van der Waals surface area contributed by atoms with E-state index in [9.17, 15) is 14.7 Å². The number of nitrogens with zero attached hydrogens (tertiary/aromatic N) is 2. The molecule has 2 unspecified atom stereocenters. The number of carbonyl (C=O) groups excluding carboxylic acids is 1. The molecule has 2 saturated heterocycles. The van der Waals surface area contributed by atoms with Crippen LogP contribution in [0.3, 0.4) is 0 Å². The third-order valence-corrected chi connectivity index (χ3v) is 4.40. The smallest absolute Gasteiger partial charge is 0.327 e. The van der Waals surface area contributed by atoms with E-state index in [0.29, 0.717) is 25.3 Å². The van der Waals surface area contributed by atoms with Gasteiger partial charge in [0.15, 0.2) is 0 Å². The highest BCUT2D eigenvalue weighted by Gasteiger charge is 2.40. The highest BCUT2D eigenvalue weighted by Crippen LogP contribution is 2.24. The summed E-state index contributed by atoms with van der Waals surface area (Å²) in [5, 5.41) is 19.0. The molecule has 0 aromatic heterocycles. The first-order chi connectivity index (χ1) is 8.41. The second kappa shape index (κ2) is 4.97. The molecule has 0 radical (unpaired) electrons. The summed E-state index contributed by atoms with van der Waals surface area (Å²) < 4.78 is 0. The van der Waals surface area contributed by atoms with Crippen molar-refractivity contribution in [2.24, 2.45) is 0 Å². The molecular formula is C11H18N2O4S. The van der Waals surface area contributed by atoms with Crippen LogP contribution in [0.4, 0.5) is 4.79 Å². The SMILES string of the molecule is CC1(O)CCN(C(=O)N2CCSCC2C(=O)O)C1. The van der Waals surface area contributed by atoms with E-state index in [1.165, 1.54) is 4.90 Å². The first-order valence-corrected chi connectivity index (χ1v) is 7.15. The van der Waals surface area contributed by atoms with Crippen molar-refractivity contribution in [2.45, 2.75) is 25.0 Å². The maximum atomic E-state index is 12.3. The molecule has 2 fully saturated rings. The number of amides is 2. The van der Waals surface area contributed by atoms with Gasteiger partial charge in [-0.25, -0.2) is 9.59 Å². The molecule has 2 atom stereocenters. The summed E-state index contributed by atoms with van der Waals surface area (Å²) >= 11 is 1.55. The average Bonchev–Trinajstić information content (AvgIpc) is 2.68. The molecule has 2 rings (SSSR count). The number of urea groups is 1. The van der Waals surface area contributed by atoms with Gasteiger partial charge in [0.1, 0.15) is 6.04 Å². The Kier molecular flexibility index (Phi) is 3.72. The van der Waals surface area contributed by atoms with E-state index in [4.69, 9.17) is 5.11 Å². The fourth-order valence-electron chi connectivity index (χ4n) is 2.33. The van der Waals surface area contributed by atoms with Crippen LogP contribution in [-0.4, -0.2) is 74.8 Å². The lowest BCUT2D eigenvalue weighted by atomic mass is 10.1. The minimum absolute atomic E-state index is 0.263. The van der Waals surface area contributed by atoms with E-state index in [2.05, 4.69) is 0 Å². The fourth-order valence-corrected chi connectivity index (χ4v) is 3.37. The number of aliphatic hydroxyl groups is 1. The van der Waals surface area contributed by atoms with Crippen molar-refractivity contribution in [2.75, 3.05) is 31.1 Å². The molecule has 18 heavy (non-hydrogen) atoms. The lowest BCUT2D eigenvalue weighted by molar-refractivity contribution is -0.141. The Morgan fingerprint density at radius 3 is 2.67 bits per heavy atom. The maximum Gasteiger partial charge on any atom is 0.327 e. The molecule has 0 bridgehead atoms. The molecule has 0 spiro atoms. The third-order valence-electron chi connectivity index (χ3n) is 3.38. The number of aliphatic carboxylic acids is 1. The van der Waals surface area contributed by atoms with Crippen molar-refractivity contribution in [1.82, 2.24) is 9.80 Å². The van der Waals surface area contributed by atoms with Gasteiger partial charge in [-0.2, -0.15) is 11.8 Å². The van der Waals surface area contributed by atoms with E-state index in [1.54, 1.807) is 23.6 Å². The number of rotatable bonds is 1. The first kappa shape index (κ1) is 13.5. The van der Waals surface area contributed by atoms with Crippen LogP contribution in [-0.2, 0) is 4.79 Å². The van der Waals surface area contributed by atoms with Gasteiger partial charge in [0, 0.05) is 24.6 Å². The van der Waals surface area contributed by atoms with Gasteiger partial charge in [0.2, 0.25) is 0 Å². The molecule has 2 aliphatic heterocycles. The maximum absolute atomic E-state index is 12.3. The zero-order valence-corrected chi connectivity index (χ0v) is 11.2. The molecule has 2 N–H and O–H groups in total. The van der Waals surface area contributed by atoms with E-state index < -0.39 is 17.6 Å².